The van der Waals surface area contributed by atoms with E-state index in [0.29, 0.717) is 18.4 Å². The predicted molar refractivity (Wildman–Crippen MR) is 76.6 cm³/mol. The van der Waals surface area contributed by atoms with Crippen LogP contribution in [0.15, 0.2) is 18.2 Å². The molecule has 0 aliphatic carbocycles. The molecule has 3 N–H and O–H groups in total. The van der Waals surface area contributed by atoms with Crippen LogP contribution in [0.1, 0.15) is 39.2 Å². The molecule has 1 rings (SSSR count). The van der Waals surface area contributed by atoms with E-state index in [1.165, 1.54) is 12.1 Å². The van der Waals surface area contributed by atoms with Gasteiger partial charge in [0.05, 0.1) is 10.3 Å². The van der Waals surface area contributed by atoms with E-state index in [1.54, 1.807) is 19.9 Å². The fourth-order valence-corrected chi connectivity index (χ4v) is 2.70. The lowest BCUT2D eigenvalue weighted by molar-refractivity contribution is -0.384. The Kier molecular flexibility index (Phi) is 4.70. The van der Waals surface area contributed by atoms with Crippen LogP contribution in [0.4, 0.5) is 11.4 Å². The first-order valence-corrected chi connectivity index (χ1v) is 6.55. The number of carbonyl (C=O) groups is 1. The number of hydrogen-bond donors (Lipinski definition) is 2. The van der Waals surface area contributed by atoms with E-state index >= 15 is 0 Å². The highest BCUT2D eigenvalue weighted by molar-refractivity contribution is 5.85. The van der Waals surface area contributed by atoms with E-state index in [0.717, 1.165) is 0 Å². The first-order valence-electron chi connectivity index (χ1n) is 6.55. The Morgan fingerprint density at radius 1 is 1.50 bits per heavy atom. The summed E-state index contributed by atoms with van der Waals surface area (Å²) in [6.45, 7) is 5.47. The average Bonchev–Trinajstić information content (AvgIpc) is 2.35. The summed E-state index contributed by atoms with van der Waals surface area (Å²) in [6, 6.07) is 4.35. The number of nitro groups is 1. The standard InChI is InChI=1S/C14H20N2O4/c1-4-8-14(9(2)3,13(17)18)10-6-5-7-11(12(10)15)16(19)20/h5-7,9H,4,8,15H2,1-3H3,(H,17,18). The molecule has 0 spiro atoms. The smallest absolute Gasteiger partial charge is 0.314 e. The van der Waals surface area contributed by atoms with Crippen LogP contribution in [0, 0.1) is 16.0 Å². The van der Waals surface area contributed by atoms with Crippen molar-refractivity contribution >= 4 is 17.3 Å². The zero-order chi connectivity index (χ0) is 15.5. The van der Waals surface area contributed by atoms with Gasteiger partial charge in [-0.2, -0.15) is 0 Å². The van der Waals surface area contributed by atoms with Crippen LogP contribution >= 0.6 is 0 Å². The van der Waals surface area contributed by atoms with Gasteiger partial charge in [-0.25, -0.2) is 0 Å². The van der Waals surface area contributed by atoms with Crippen molar-refractivity contribution in [2.75, 3.05) is 5.73 Å². The lowest BCUT2D eigenvalue weighted by Gasteiger charge is -2.34. The number of rotatable bonds is 6. The Bertz CT molecular complexity index is 528. The maximum Gasteiger partial charge on any atom is 0.314 e. The lowest BCUT2D eigenvalue weighted by atomic mass is 9.68. The summed E-state index contributed by atoms with van der Waals surface area (Å²) < 4.78 is 0. The molecule has 1 atom stereocenters. The zero-order valence-corrected chi connectivity index (χ0v) is 11.9. The highest BCUT2D eigenvalue weighted by Crippen LogP contribution is 2.42. The van der Waals surface area contributed by atoms with E-state index in [4.69, 9.17) is 5.73 Å². The number of anilines is 1. The molecule has 1 aromatic carbocycles. The van der Waals surface area contributed by atoms with E-state index in [9.17, 15) is 20.0 Å². The van der Waals surface area contributed by atoms with E-state index < -0.39 is 16.3 Å². The third-order valence-electron chi connectivity index (χ3n) is 3.77. The number of aliphatic carboxylic acids is 1. The number of nitrogens with two attached hydrogens (primary N) is 1. The summed E-state index contributed by atoms with van der Waals surface area (Å²) in [7, 11) is 0. The van der Waals surface area contributed by atoms with Crippen LogP contribution in [0.3, 0.4) is 0 Å². The van der Waals surface area contributed by atoms with Crippen LogP contribution < -0.4 is 5.73 Å². The van der Waals surface area contributed by atoms with Crippen LogP contribution in [0.2, 0.25) is 0 Å². The highest BCUT2D eigenvalue weighted by Gasteiger charge is 2.45. The summed E-state index contributed by atoms with van der Waals surface area (Å²) >= 11 is 0. The monoisotopic (exact) mass is 280 g/mol. The van der Waals surface area contributed by atoms with Gasteiger partial charge in [-0.3, -0.25) is 14.9 Å². The second kappa shape index (κ2) is 5.90. The summed E-state index contributed by atoms with van der Waals surface area (Å²) in [5.41, 5.74) is 4.70. The Morgan fingerprint density at radius 2 is 2.10 bits per heavy atom. The summed E-state index contributed by atoms with van der Waals surface area (Å²) in [5.74, 6) is -1.23. The first-order chi connectivity index (χ1) is 9.28. The predicted octanol–water partition coefficient (Wildman–Crippen LogP) is 2.96. The third-order valence-corrected chi connectivity index (χ3v) is 3.77. The highest BCUT2D eigenvalue weighted by atomic mass is 16.6. The second-order valence-electron chi connectivity index (χ2n) is 5.18. The van der Waals surface area contributed by atoms with Crippen molar-refractivity contribution < 1.29 is 14.8 Å². The van der Waals surface area contributed by atoms with Crippen LogP contribution in [-0.4, -0.2) is 16.0 Å². The molecular formula is C14H20N2O4. The Balaban J connectivity index is 3.61. The SMILES string of the molecule is CCCC(C(=O)O)(c1cccc([N+](=O)[O-])c1N)C(C)C. The Labute approximate surface area is 117 Å². The number of carboxylic acids is 1. The molecule has 0 aromatic heterocycles. The maximum absolute atomic E-state index is 11.9. The van der Waals surface area contributed by atoms with Crippen molar-refractivity contribution in [1.82, 2.24) is 0 Å². The normalized spacial score (nSPS) is 14.0. The summed E-state index contributed by atoms with van der Waals surface area (Å²) in [4.78, 5) is 22.3. The molecule has 110 valence electrons. The van der Waals surface area contributed by atoms with Crippen molar-refractivity contribution in [2.24, 2.45) is 5.92 Å². The molecule has 0 saturated carbocycles. The molecule has 6 nitrogen and oxygen atoms in total. The molecule has 0 bridgehead atoms. The number of hydrogen-bond acceptors (Lipinski definition) is 4. The number of nitrogens with zero attached hydrogens (tertiary/aromatic N) is 1. The third kappa shape index (κ3) is 2.45. The molecule has 1 unspecified atom stereocenters. The number of para-hydroxylation sites is 1. The molecule has 0 aliphatic rings. The van der Waals surface area contributed by atoms with Gasteiger partial charge in [0.1, 0.15) is 5.69 Å². The van der Waals surface area contributed by atoms with Gasteiger partial charge in [0.2, 0.25) is 0 Å². The van der Waals surface area contributed by atoms with Crippen LogP contribution in [0.25, 0.3) is 0 Å². The van der Waals surface area contributed by atoms with Crippen LogP contribution in [0.5, 0.6) is 0 Å². The first kappa shape index (κ1) is 15.9. The largest absolute Gasteiger partial charge is 0.481 e. The lowest BCUT2D eigenvalue weighted by Crippen LogP contribution is -2.41. The topological polar surface area (TPSA) is 106 Å². The molecule has 0 fully saturated rings. The fourth-order valence-electron chi connectivity index (χ4n) is 2.70. The van der Waals surface area contributed by atoms with Gasteiger partial charge in [-0.1, -0.05) is 39.3 Å². The Morgan fingerprint density at radius 3 is 2.50 bits per heavy atom. The van der Waals surface area contributed by atoms with Gasteiger partial charge in [0, 0.05) is 6.07 Å². The van der Waals surface area contributed by atoms with Gasteiger partial charge >= 0.3 is 5.97 Å². The van der Waals surface area contributed by atoms with E-state index in [2.05, 4.69) is 0 Å². The zero-order valence-electron chi connectivity index (χ0n) is 11.9. The molecule has 0 amide bonds. The minimum Gasteiger partial charge on any atom is -0.481 e. The van der Waals surface area contributed by atoms with Gasteiger partial charge in [-0.15, -0.1) is 0 Å². The minimum absolute atomic E-state index is 0.0537. The maximum atomic E-state index is 11.9. The number of carboxylic acid groups (broad SMARTS) is 1. The number of benzene rings is 1. The molecule has 0 saturated heterocycles. The quantitative estimate of drug-likeness (QED) is 0.473. The van der Waals surface area contributed by atoms with E-state index in [1.807, 2.05) is 6.92 Å². The van der Waals surface area contributed by atoms with Gasteiger partial charge < -0.3 is 10.8 Å². The summed E-state index contributed by atoms with van der Waals surface area (Å²) in [5, 5.41) is 20.7. The van der Waals surface area contributed by atoms with Crippen molar-refractivity contribution in [3.63, 3.8) is 0 Å². The van der Waals surface area contributed by atoms with Crippen molar-refractivity contribution in [3.8, 4) is 0 Å². The van der Waals surface area contributed by atoms with Crippen molar-refractivity contribution in [1.29, 1.82) is 0 Å². The molecule has 1 aromatic rings. The second-order valence-corrected chi connectivity index (χ2v) is 5.18. The molecule has 0 heterocycles. The fraction of sp³-hybridized carbons (Fsp3) is 0.500. The molecule has 20 heavy (non-hydrogen) atoms. The number of nitro benzene ring substituents is 1. The van der Waals surface area contributed by atoms with Crippen molar-refractivity contribution in [2.45, 2.75) is 39.0 Å². The molecule has 0 radical (unpaired) electrons. The molecular weight excluding hydrogens is 260 g/mol. The van der Waals surface area contributed by atoms with Gasteiger partial charge in [0.15, 0.2) is 0 Å². The molecule has 0 aliphatic heterocycles. The molecule has 6 heteroatoms. The van der Waals surface area contributed by atoms with E-state index in [-0.39, 0.29) is 17.3 Å². The van der Waals surface area contributed by atoms with Crippen molar-refractivity contribution in [3.05, 3.63) is 33.9 Å². The number of nitrogen functional groups attached to an aromatic ring is 1. The minimum atomic E-state index is -1.20. The van der Waals surface area contributed by atoms with Gasteiger partial charge in [-0.05, 0) is 17.9 Å². The van der Waals surface area contributed by atoms with Gasteiger partial charge in [0.25, 0.3) is 5.69 Å². The van der Waals surface area contributed by atoms with Crippen LogP contribution in [-0.2, 0) is 10.2 Å². The summed E-state index contributed by atoms with van der Waals surface area (Å²) in [6.07, 6.45) is 1.03. The Hall–Kier alpha value is -2.11. The average molecular weight is 280 g/mol.